The summed E-state index contributed by atoms with van der Waals surface area (Å²) < 4.78 is 0. The molecule has 0 saturated carbocycles. The quantitative estimate of drug-likeness (QED) is 0.556. The Morgan fingerprint density at radius 1 is 1.29 bits per heavy atom. The Bertz CT molecular complexity index is 216. The molecule has 0 heterocycles. The fourth-order valence-corrected chi connectivity index (χ4v) is 0.890. The van der Waals surface area contributed by atoms with Crippen LogP contribution in [0.25, 0.3) is 0 Å². The van der Waals surface area contributed by atoms with Crippen LogP contribution in [0.15, 0.2) is 0 Å². The molecule has 0 spiro atoms. The van der Waals surface area contributed by atoms with Crippen LogP contribution in [0.4, 0.5) is 4.79 Å². The zero-order valence-electron chi connectivity index (χ0n) is 8.87. The minimum Gasteiger partial charge on any atom is -0.480 e. The number of hydrogen-bond donors (Lipinski definition) is 3. The summed E-state index contributed by atoms with van der Waals surface area (Å²) in [4.78, 5) is 21.9. The van der Waals surface area contributed by atoms with Crippen molar-refractivity contribution in [2.75, 3.05) is 14.1 Å². The fourth-order valence-electron chi connectivity index (χ4n) is 0.890. The molecule has 0 unspecified atom stereocenters. The van der Waals surface area contributed by atoms with Crippen LogP contribution in [0.5, 0.6) is 0 Å². The highest BCUT2D eigenvalue weighted by Crippen LogP contribution is 2.00. The molecule has 0 rings (SSSR count). The van der Waals surface area contributed by atoms with Crippen LogP contribution in [0.3, 0.4) is 0 Å². The van der Waals surface area contributed by atoms with E-state index in [2.05, 4.69) is 10.7 Å². The van der Waals surface area contributed by atoms with Gasteiger partial charge in [0.15, 0.2) is 0 Å². The second-order valence-electron chi connectivity index (χ2n) is 3.54. The van der Waals surface area contributed by atoms with Gasteiger partial charge < -0.3 is 10.4 Å². The highest BCUT2D eigenvalue weighted by Gasteiger charge is 2.23. The van der Waals surface area contributed by atoms with Crippen molar-refractivity contribution in [3.8, 4) is 0 Å². The van der Waals surface area contributed by atoms with E-state index in [1.807, 2.05) is 0 Å². The lowest BCUT2D eigenvalue weighted by Crippen LogP contribution is -2.51. The van der Waals surface area contributed by atoms with Crippen LogP contribution in [0.1, 0.15) is 13.8 Å². The van der Waals surface area contributed by atoms with Crippen molar-refractivity contribution in [1.29, 1.82) is 0 Å². The lowest BCUT2D eigenvalue weighted by molar-refractivity contribution is -0.140. The lowest BCUT2D eigenvalue weighted by Gasteiger charge is -2.20. The first kappa shape index (κ1) is 12.7. The maximum Gasteiger partial charge on any atom is 0.330 e. The van der Waals surface area contributed by atoms with Gasteiger partial charge in [-0.25, -0.2) is 14.6 Å². The molecule has 6 nitrogen and oxygen atoms in total. The summed E-state index contributed by atoms with van der Waals surface area (Å²) in [5.41, 5.74) is 2.40. The molecule has 0 aromatic rings. The van der Waals surface area contributed by atoms with Crippen LogP contribution in [-0.4, -0.2) is 42.3 Å². The van der Waals surface area contributed by atoms with Crippen molar-refractivity contribution in [2.45, 2.75) is 19.9 Å². The summed E-state index contributed by atoms with van der Waals surface area (Å²) in [7, 11) is 3.29. The predicted octanol–water partition coefficient (Wildman–Crippen LogP) is -0.129. The second kappa shape index (κ2) is 5.43. The van der Waals surface area contributed by atoms with E-state index < -0.39 is 18.0 Å². The highest BCUT2D eigenvalue weighted by atomic mass is 16.4. The average Bonchev–Trinajstić information content (AvgIpc) is 1.97. The van der Waals surface area contributed by atoms with E-state index in [1.54, 1.807) is 27.9 Å². The van der Waals surface area contributed by atoms with Crippen LogP contribution >= 0.6 is 0 Å². The number of urea groups is 1. The molecule has 0 saturated heterocycles. The van der Waals surface area contributed by atoms with Gasteiger partial charge in [-0.05, 0) is 5.92 Å². The van der Waals surface area contributed by atoms with Crippen LogP contribution < -0.4 is 10.7 Å². The molecular weight excluding hydrogens is 186 g/mol. The first-order valence-corrected chi connectivity index (χ1v) is 4.32. The third-order valence-corrected chi connectivity index (χ3v) is 1.54. The van der Waals surface area contributed by atoms with Gasteiger partial charge in [-0.1, -0.05) is 13.8 Å². The van der Waals surface area contributed by atoms with E-state index in [1.165, 1.54) is 5.01 Å². The molecule has 0 radical (unpaired) electrons. The maximum atomic E-state index is 11.1. The van der Waals surface area contributed by atoms with Crippen molar-refractivity contribution >= 4 is 12.0 Å². The number of rotatable bonds is 4. The number of carboxylic acid groups (broad SMARTS) is 1. The van der Waals surface area contributed by atoms with Crippen LogP contribution in [0.2, 0.25) is 0 Å². The number of carbonyl (C=O) groups excluding carboxylic acids is 1. The van der Waals surface area contributed by atoms with E-state index in [-0.39, 0.29) is 5.92 Å². The molecular formula is C8H17N3O3. The van der Waals surface area contributed by atoms with Crippen molar-refractivity contribution < 1.29 is 14.7 Å². The molecule has 0 aromatic heterocycles. The summed E-state index contributed by atoms with van der Waals surface area (Å²) in [5, 5.41) is 12.6. The molecule has 0 aromatic carbocycles. The third kappa shape index (κ3) is 4.66. The van der Waals surface area contributed by atoms with Gasteiger partial charge in [0.2, 0.25) is 0 Å². The van der Waals surface area contributed by atoms with Crippen LogP contribution in [-0.2, 0) is 4.79 Å². The Morgan fingerprint density at radius 2 is 1.79 bits per heavy atom. The monoisotopic (exact) mass is 203 g/mol. The zero-order chi connectivity index (χ0) is 11.3. The number of hydrazine groups is 1. The van der Waals surface area contributed by atoms with Gasteiger partial charge in [0.1, 0.15) is 6.04 Å². The van der Waals surface area contributed by atoms with E-state index in [0.29, 0.717) is 0 Å². The number of nitrogens with zero attached hydrogens (tertiary/aromatic N) is 1. The Balaban J connectivity index is 4.17. The molecule has 14 heavy (non-hydrogen) atoms. The molecule has 2 amide bonds. The van der Waals surface area contributed by atoms with Crippen LogP contribution in [0, 0.1) is 5.92 Å². The largest absolute Gasteiger partial charge is 0.480 e. The maximum absolute atomic E-state index is 11.1. The van der Waals surface area contributed by atoms with E-state index in [0.717, 1.165) is 0 Å². The molecule has 0 aliphatic rings. The third-order valence-electron chi connectivity index (χ3n) is 1.54. The van der Waals surface area contributed by atoms with Gasteiger partial charge in [-0.2, -0.15) is 0 Å². The average molecular weight is 203 g/mol. The molecule has 3 N–H and O–H groups in total. The second-order valence-corrected chi connectivity index (χ2v) is 3.54. The molecule has 6 heteroatoms. The minimum absolute atomic E-state index is 0.152. The molecule has 82 valence electrons. The summed E-state index contributed by atoms with van der Waals surface area (Å²) in [6, 6.07) is -1.38. The van der Waals surface area contributed by atoms with Crippen molar-refractivity contribution in [2.24, 2.45) is 5.92 Å². The lowest BCUT2D eigenvalue weighted by atomic mass is 10.1. The van der Waals surface area contributed by atoms with Gasteiger partial charge in [0, 0.05) is 14.1 Å². The molecule has 1 atom stereocenters. The zero-order valence-corrected chi connectivity index (χ0v) is 8.87. The molecule has 0 bridgehead atoms. The minimum atomic E-state index is -1.03. The summed E-state index contributed by atoms with van der Waals surface area (Å²) in [6.07, 6.45) is 0. The Kier molecular flexibility index (Phi) is 4.93. The molecule has 0 aliphatic carbocycles. The van der Waals surface area contributed by atoms with Crippen molar-refractivity contribution in [3.05, 3.63) is 0 Å². The van der Waals surface area contributed by atoms with E-state index in [9.17, 15) is 9.59 Å². The Hall–Kier alpha value is -1.30. The van der Waals surface area contributed by atoms with E-state index in [4.69, 9.17) is 5.11 Å². The molecule has 0 fully saturated rings. The molecule has 0 aliphatic heterocycles. The van der Waals surface area contributed by atoms with Gasteiger partial charge in [0.25, 0.3) is 0 Å². The topological polar surface area (TPSA) is 81.7 Å². The first-order valence-electron chi connectivity index (χ1n) is 4.32. The van der Waals surface area contributed by atoms with Gasteiger partial charge >= 0.3 is 12.0 Å². The van der Waals surface area contributed by atoms with Gasteiger partial charge in [-0.15, -0.1) is 0 Å². The SMILES string of the molecule is CC(C)[C@@H](NC(=O)NN(C)C)C(=O)O. The van der Waals surface area contributed by atoms with Gasteiger partial charge in [-0.3, -0.25) is 5.43 Å². The Labute approximate surface area is 83.2 Å². The normalized spacial score (nSPS) is 12.7. The number of carboxylic acids is 1. The highest BCUT2D eigenvalue weighted by molar-refractivity contribution is 5.82. The summed E-state index contributed by atoms with van der Waals surface area (Å²) in [5.74, 6) is -1.19. The smallest absolute Gasteiger partial charge is 0.330 e. The van der Waals surface area contributed by atoms with Crippen molar-refractivity contribution in [3.63, 3.8) is 0 Å². The number of amides is 2. The number of nitrogens with one attached hydrogen (secondary N) is 2. The fraction of sp³-hybridized carbons (Fsp3) is 0.750. The Morgan fingerprint density at radius 3 is 2.07 bits per heavy atom. The summed E-state index contributed by atoms with van der Waals surface area (Å²) >= 11 is 0. The number of carbonyl (C=O) groups is 2. The number of hydrogen-bond acceptors (Lipinski definition) is 3. The van der Waals surface area contributed by atoms with Gasteiger partial charge in [0.05, 0.1) is 0 Å². The van der Waals surface area contributed by atoms with E-state index >= 15 is 0 Å². The first-order chi connectivity index (χ1) is 6.34. The summed E-state index contributed by atoms with van der Waals surface area (Å²) in [6.45, 7) is 3.46. The standard InChI is InChI=1S/C8H17N3O3/c1-5(2)6(7(12)13)9-8(14)10-11(3)4/h5-6H,1-4H3,(H,12,13)(H2,9,10,14)/t6-/m1/s1. The van der Waals surface area contributed by atoms with Crippen molar-refractivity contribution in [1.82, 2.24) is 15.8 Å². The number of aliphatic carboxylic acids is 1. The predicted molar refractivity (Wildman–Crippen MR) is 51.6 cm³/mol.